The van der Waals surface area contributed by atoms with Crippen molar-refractivity contribution in [3.8, 4) is 0 Å². The van der Waals surface area contributed by atoms with Gasteiger partial charge in [-0.25, -0.2) is 4.79 Å². The third-order valence-electron chi connectivity index (χ3n) is 5.56. The molecule has 8 heteroatoms. The van der Waals surface area contributed by atoms with Gasteiger partial charge in [-0.3, -0.25) is 19.3 Å². The summed E-state index contributed by atoms with van der Waals surface area (Å²) >= 11 is 0. The maximum absolute atomic E-state index is 13.0. The quantitative estimate of drug-likeness (QED) is 0.623. The lowest BCUT2D eigenvalue weighted by molar-refractivity contribution is -0.133. The van der Waals surface area contributed by atoms with Gasteiger partial charge in [-0.15, -0.1) is 0 Å². The SMILES string of the molecule is Cc1ccc([C@@]2(C)NC(=O)N(CC(=O)Nc3ccccc3C(=O)NC3CC3)C2=O)cc1. The van der Waals surface area contributed by atoms with E-state index in [0.29, 0.717) is 16.8 Å². The summed E-state index contributed by atoms with van der Waals surface area (Å²) < 4.78 is 0. The van der Waals surface area contributed by atoms with E-state index in [9.17, 15) is 19.2 Å². The standard InChI is InChI=1S/C23H24N4O4/c1-14-7-9-15(10-8-14)23(2)21(30)27(22(31)26-23)13-19(28)25-18-6-4-3-5-17(18)20(29)24-16-11-12-16/h3-10,16H,11-13H2,1-2H3,(H,24,29)(H,25,28)(H,26,31)/t23-/m1/s1. The van der Waals surface area contributed by atoms with Gasteiger partial charge < -0.3 is 16.0 Å². The molecule has 0 bridgehead atoms. The molecule has 31 heavy (non-hydrogen) atoms. The number of amides is 5. The van der Waals surface area contributed by atoms with Gasteiger partial charge in [-0.2, -0.15) is 0 Å². The number of para-hydroxylation sites is 1. The molecule has 0 aromatic heterocycles. The molecular weight excluding hydrogens is 396 g/mol. The number of hydrogen-bond acceptors (Lipinski definition) is 4. The third-order valence-corrected chi connectivity index (χ3v) is 5.56. The zero-order valence-corrected chi connectivity index (χ0v) is 17.4. The van der Waals surface area contributed by atoms with Gasteiger partial charge in [0.25, 0.3) is 11.8 Å². The van der Waals surface area contributed by atoms with Crippen LogP contribution in [0.25, 0.3) is 0 Å². The van der Waals surface area contributed by atoms with Crippen LogP contribution in [0.1, 0.15) is 41.3 Å². The van der Waals surface area contributed by atoms with Gasteiger partial charge in [0, 0.05) is 6.04 Å². The van der Waals surface area contributed by atoms with Crippen molar-refractivity contribution in [3.05, 3.63) is 65.2 Å². The van der Waals surface area contributed by atoms with Gasteiger partial charge in [0.05, 0.1) is 11.3 Å². The molecule has 1 saturated carbocycles. The van der Waals surface area contributed by atoms with Crippen LogP contribution in [0.4, 0.5) is 10.5 Å². The summed E-state index contributed by atoms with van der Waals surface area (Å²) in [4.78, 5) is 51.5. The number of carbonyl (C=O) groups excluding carboxylic acids is 4. The predicted molar refractivity (Wildman–Crippen MR) is 114 cm³/mol. The fraction of sp³-hybridized carbons (Fsp3) is 0.304. The van der Waals surface area contributed by atoms with Crippen LogP contribution in [0.2, 0.25) is 0 Å². The van der Waals surface area contributed by atoms with Crippen LogP contribution in [0.3, 0.4) is 0 Å². The minimum absolute atomic E-state index is 0.182. The minimum atomic E-state index is -1.24. The highest BCUT2D eigenvalue weighted by molar-refractivity contribution is 6.11. The summed E-state index contributed by atoms with van der Waals surface area (Å²) in [5.41, 5.74) is 1.10. The fourth-order valence-corrected chi connectivity index (χ4v) is 3.54. The highest BCUT2D eigenvalue weighted by Gasteiger charge is 2.49. The lowest BCUT2D eigenvalue weighted by Crippen LogP contribution is -2.42. The van der Waals surface area contributed by atoms with Gasteiger partial charge in [-0.1, -0.05) is 42.0 Å². The molecule has 8 nitrogen and oxygen atoms in total. The number of rotatable bonds is 6. The molecule has 2 fully saturated rings. The fourth-order valence-electron chi connectivity index (χ4n) is 3.54. The van der Waals surface area contributed by atoms with Gasteiger partial charge in [0.2, 0.25) is 5.91 Å². The first kappa shape index (κ1) is 20.6. The number of urea groups is 1. The average molecular weight is 420 g/mol. The van der Waals surface area contributed by atoms with Crippen LogP contribution >= 0.6 is 0 Å². The number of imide groups is 1. The Labute approximate surface area is 180 Å². The van der Waals surface area contributed by atoms with E-state index in [2.05, 4.69) is 16.0 Å². The van der Waals surface area contributed by atoms with Crippen molar-refractivity contribution in [3.63, 3.8) is 0 Å². The Morgan fingerprint density at radius 1 is 1.10 bits per heavy atom. The first-order valence-electron chi connectivity index (χ1n) is 10.2. The highest BCUT2D eigenvalue weighted by atomic mass is 16.2. The van der Waals surface area contributed by atoms with Gasteiger partial charge in [0.1, 0.15) is 12.1 Å². The van der Waals surface area contributed by atoms with E-state index in [1.807, 2.05) is 19.1 Å². The second-order valence-electron chi connectivity index (χ2n) is 8.15. The van der Waals surface area contributed by atoms with E-state index in [-0.39, 0.29) is 11.9 Å². The highest BCUT2D eigenvalue weighted by Crippen LogP contribution is 2.29. The van der Waals surface area contributed by atoms with Crippen LogP contribution in [-0.4, -0.2) is 41.2 Å². The second-order valence-corrected chi connectivity index (χ2v) is 8.15. The molecule has 1 aliphatic carbocycles. The van der Waals surface area contributed by atoms with Crippen LogP contribution in [0.5, 0.6) is 0 Å². The molecule has 1 aliphatic heterocycles. The lowest BCUT2D eigenvalue weighted by Gasteiger charge is -2.22. The normalized spacial score (nSPS) is 20.4. The Balaban J connectivity index is 1.47. The molecule has 1 heterocycles. The minimum Gasteiger partial charge on any atom is -0.349 e. The largest absolute Gasteiger partial charge is 0.349 e. The molecule has 1 saturated heterocycles. The Bertz CT molecular complexity index is 1060. The molecule has 2 aliphatic rings. The molecule has 4 rings (SSSR count). The maximum atomic E-state index is 13.0. The van der Waals surface area contributed by atoms with Crippen molar-refractivity contribution in [2.24, 2.45) is 0 Å². The predicted octanol–water partition coefficient (Wildman–Crippen LogP) is 2.29. The number of benzene rings is 2. The van der Waals surface area contributed by atoms with Crippen molar-refractivity contribution >= 4 is 29.4 Å². The van der Waals surface area contributed by atoms with E-state index in [1.54, 1.807) is 43.3 Å². The topological polar surface area (TPSA) is 108 Å². The lowest BCUT2D eigenvalue weighted by atomic mass is 9.91. The first-order chi connectivity index (χ1) is 14.8. The summed E-state index contributed by atoms with van der Waals surface area (Å²) in [6, 6.07) is 13.5. The molecule has 1 atom stereocenters. The van der Waals surface area contributed by atoms with E-state index < -0.39 is 29.9 Å². The zero-order chi connectivity index (χ0) is 22.2. The number of carbonyl (C=O) groups is 4. The van der Waals surface area contributed by atoms with E-state index in [4.69, 9.17) is 0 Å². The van der Waals surface area contributed by atoms with Gasteiger partial charge in [0.15, 0.2) is 0 Å². The zero-order valence-electron chi connectivity index (χ0n) is 17.4. The summed E-state index contributed by atoms with van der Waals surface area (Å²) in [6.45, 7) is 3.10. The van der Waals surface area contributed by atoms with Crippen molar-refractivity contribution in [1.29, 1.82) is 0 Å². The smallest absolute Gasteiger partial charge is 0.325 e. The Kier molecular flexibility index (Phi) is 5.22. The molecule has 160 valence electrons. The van der Waals surface area contributed by atoms with Crippen molar-refractivity contribution in [2.75, 3.05) is 11.9 Å². The summed E-state index contributed by atoms with van der Waals surface area (Å²) in [5.74, 6) is -1.33. The number of anilines is 1. The summed E-state index contributed by atoms with van der Waals surface area (Å²) in [5, 5.41) is 8.23. The van der Waals surface area contributed by atoms with Crippen LogP contribution < -0.4 is 16.0 Å². The average Bonchev–Trinajstić information content (AvgIpc) is 3.52. The van der Waals surface area contributed by atoms with Crippen molar-refractivity contribution in [1.82, 2.24) is 15.5 Å². The van der Waals surface area contributed by atoms with Gasteiger partial charge >= 0.3 is 6.03 Å². The molecular formula is C23H24N4O4. The molecule has 5 amide bonds. The number of nitrogens with one attached hydrogen (secondary N) is 3. The van der Waals surface area contributed by atoms with Gasteiger partial charge in [-0.05, 0) is 44.4 Å². The maximum Gasteiger partial charge on any atom is 0.325 e. The summed E-state index contributed by atoms with van der Waals surface area (Å²) in [6.07, 6.45) is 1.90. The first-order valence-corrected chi connectivity index (χ1v) is 10.2. The Morgan fingerprint density at radius 3 is 2.45 bits per heavy atom. The van der Waals surface area contributed by atoms with E-state index >= 15 is 0 Å². The number of nitrogens with zero attached hydrogens (tertiary/aromatic N) is 1. The van der Waals surface area contributed by atoms with E-state index in [1.165, 1.54) is 0 Å². The van der Waals surface area contributed by atoms with Crippen molar-refractivity contribution < 1.29 is 19.2 Å². The Morgan fingerprint density at radius 2 is 1.77 bits per heavy atom. The molecule has 0 unspecified atom stereocenters. The number of hydrogen-bond donors (Lipinski definition) is 3. The monoisotopic (exact) mass is 420 g/mol. The molecule has 2 aromatic rings. The number of aryl methyl sites for hydroxylation is 1. The Hall–Kier alpha value is -3.68. The molecule has 0 radical (unpaired) electrons. The molecule has 3 N–H and O–H groups in total. The van der Waals surface area contributed by atoms with E-state index in [0.717, 1.165) is 23.3 Å². The third kappa shape index (κ3) is 4.14. The van der Waals surface area contributed by atoms with Crippen LogP contribution in [0.15, 0.2) is 48.5 Å². The molecule has 2 aromatic carbocycles. The summed E-state index contributed by atoms with van der Waals surface area (Å²) in [7, 11) is 0. The van der Waals surface area contributed by atoms with Crippen molar-refractivity contribution in [2.45, 2.75) is 38.3 Å². The van der Waals surface area contributed by atoms with Crippen LogP contribution in [0, 0.1) is 6.92 Å². The van der Waals surface area contributed by atoms with Crippen LogP contribution in [-0.2, 0) is 15.1 Å². The second kappa shape index (κ2) is 7.86. The molecule has 0 spiro atoms.